The van der Waals surface area contributed by atoms with E-state index >= 15 is 0 Å². The first kappa shape index (κ1) is 23.3. The molecule has 0 spiro atoms. The summed E-state index contributed by atoms with van der Waals surface area (Å²) in [4.78, 5) is 12.1. The Morgan fingerprint density at radius 2 is 1.77 bits per heavy atom. The molecule has 0 unspecified atom stereocenters. The highest BCUT2D eigenvalue weighted by Gasteiger charge is 2.12. The van der Waals surface area contributed by atoms with Crippen molar-refractivity contribution in [2.45, 2.75) is 20.0 Å². The van der Waals surface area contributed by atoms with Gasteiger partial charge in [-0.25, -0.2) is 5.43 Å². The average molecular weight is 593 g/mol. The number of amides is 1. The first-order valence-electron chi connectivity index (χ1n) is 9.57. The number of methoxy groups -OCH3 is 1. The summed E-state index contributed by atoms with van der Waals surface area (Å²) < 4.78 is 13.4. The fourth-order valence-corrected chi connectivity index (χ4v) is 3.85. The monoisotopic (exact) mass is 592 g/mol. The molecular weight excluding hydrogens is 571 g/mol. The Labute approximate surface area is 204 Å². The lowest BCUT2D eigenvalue weighted by Crippen LogP contribution is -2.19. The number of ether oxygens (including phenoxy) is 2. The minimum atomic E-state index is -0.170. The van der Waals surface area contributed by atoms with Crippen LogP contribution in [0.2, 0.25) is 0 Å². The lowest BCUT2D eigenvalue weighted by molar-refractivity contribution is -0.120. The zero-order chi connectivity index (χ0) is 22.2. The number of hydrogen-bond donors (Lipinski definition) is 1. The van der Waals surface area contributed by atoms with Crippen molar-refractivity contribution < 1.29 is 14.3 Å². The van der Waals surface area contributed by atoms with Crippen molar-refractivity contribution in [3.05, 3.63) is 91.0 Å². The quantitative estimate of drug-likeness (QED) is 0.209. The van der Waals surface area contributed by atoms with Crippen LogP contribution < -0.4 is 14.9 Å². The van der Waals surface area contributed by atoms with Crippen LogP contribution in [0.4, 0.5) is 0 Å². The van der Waals surface area contributed by atoms with Gasteiger partial charge >= 0.3 is 0 Å². The normalized spacial score (nSPS) is 10.8. The molecule has 3 rings (SSSR count). The summed E-state index contributed by atoms with van der Waals surface area (Å²) in [5.74, 6) is 1.11. The zero-order valence-electron chi connectivity index (χ0n) is 17.2. The summed E-state index contributed by atoms with van der Waals surface area (Å²) in [5.41, 5.74) is 6.53. The van der Waals surface area contributed by atoms with E-state index < -0.39 is 0 Å². The molecule has 3 aromatic carbocycles. The molecule has 3 aromatic rings. The number of carbonyl (C=O) groups excluding carboxylic acids is 1. The number of benzene rings is 3. The van der Waals surface area contributed by atoms with Crippen LogP contribution in [0.1, 0.15) is 22.3 Å². The average Bonchev–Trinajstić information content (AvgIpc) is 2.75. The maximum Gasteiger partial charge on any atom is 0.244 e. The minimum absolute atomic E-state index is 0.170. The number of nitrogens with zero attached hydrogens (tertiary/aromatic N) is 1. The topological polar surface area (TPSA) is 59.9 Å². The van der Waals surface area contributed by atoms with Crippen LogP contribution in [0, 0.1) is 10.5 Å². The van der Waals surface area contributed by atoms with E-state index in [-0.39, 0.29) is 12.3 Å². The Bertz CT molecular complexity index is 1070. The lowest BCUT2D eigenvalue weighted by atomic mass is 10.1. The van der Waals surface area contributed by atoms with Crippen LogP contribution in [0.5, 0.6) is 11.5 Å². The second-order valence-electron chi connectivity index (χ2n) is 6.90. The Hall–Kier alpha value is -2.39. The van der Waals surface area contributed by atoms with E-state index in [9.17, 15) is 4.79 Å². The number of aryl methyl sites for hydroxylation is 1. The van der Waals surface area contributed by atoms with Gasteiger partial charge in [0.05, 0.1) is 23.3 Å². The molecule has 1 amide bonds. The van der Waals surface area contributed by atoms with Crippen LogP contribution in [-0.4, -0.2) is 19.2 Å². The fraction of sp³-hybridized carbons (Fsp3) is 0.167. The molecule has 0 bridgehead atoms. The van der Waals surface area contributed by atoms with E-state index in [1.165, 1.54) is 0 Å². The molecule has 0 aromatic heterocycles. The van der Waals surface area contributed by atoms with Crippen molar-refractivity contribution in [2.24, 2.45) is 5.10 Å². The second-order valence-corrected chi connectivity index (χ2v) is 8.98. The van der Waals surface area contributed by atoms with Gasteiger partial charge in [-0.15, -0.1) is 0 Å². The Morgan fingerprint density at radius 3 is 2.45 bits per heavy atom. The van der Waals surface area contributed by atoms with Crippen LogP contribution >= 0.6 is 38.5 Å². The number of hydrazone groups is 1. The SMILES string of the molecule is COc1cc(/C=N/NC(=O)Cc2ccc(C)cc2)cc(I)c1OCc1ccc(Br)cc1. The third kappa shape index (κ3) is 7.07. The molecule has 7 heteroatoms. The molecule has 5 nitrogen and oxygen atoms in total. The Balaban J connectivity index is 1.62. The van der Waals surface area contributed by atoms with Gasteiger partial charge in [-0.1, -0.05) is 57.9 Å². The third-order valence-corrected chi connectivity index (χ3v) is 5.77. The minimum Gasteiger partial charge on any atom is -0.493 e. The van der Waals surface area contributed by atoms with Crippen LogP contribution in [-0.2, 0) is 17.8 Å². The molecule has 0 aliphatic heterocycles. The number of carbonyl (C=O) groups is 1. The van der Waals surface area contributed by atoms with Crippen LogP contribution in [0.15, 0.2) is 70.2 Å². The van der Waals surface area contributed by atoms with Crippen molar-refractivity contribution in [3.63, 3.8) is 0 Å². The molecule has 31 heavy (non-hydrogen) atoms. The highest BCUT2D eigenvalue weighted by molar-refractivity contribution is 14.1. The maximum atomic E-state index is 12.1. The van der Waals surface area contributed by atoms with Gasteiger partial charge in [0.25, 0.3) is 0 Å². The largest absolute Gasteiger partial charge is 0.493 e. The molecule has 0 saturated carbocycles. The standard InChI is InChI=1S/C24H22BrIN2O3/c1-16-3-5-17(6-4-16)13-23(29)28-27-14-19-11-21(26)24(22(12-19)30-2)31-15-18-7-9-20(25)10-8-18/h3-12,14H,13,15H2,1-2H3,(H,28,29)/b27-14+. The van der Waals surface area contributed by atoms with E-state index in [2.05, 4.69) is 49.0 Å². The number of rotatable bonds is 8. The molecule has 1 N–H and O–H groups in total. The van der Waals surface area contributed by atoms with Gasteiger partial charge in [0.15, 0.2) is 11.5 Å². The maximum absolute atomic E-state index is 12.1. The first-order chi connectivity index (χ1) is 14.9. The highest BCUT2D eigenvalue weighted by atomic mass is 127. The Kier molecular flexibility index (Phi) is 8.48. The summed E-state index contributed by atoms with van der Waals surface area (Å²) in [6.45, 7) is 2.45. The van der Waals surface area contributed by atoms with Gasteiger partial charge in [0.1, 0.15) is 6.61 Å². The van der Waals surface area contributed by atoms with Crippen LogP contribution in [0.25, 0.3) is 0 Å². The molecular formula is C24H22BrIN2O3. The molecule has 0 aliphatic carbocycles. The number of halogens is 2. The predicted octanol–water partition coefficient (Wildman–Crippen LogP) is 5.64. The first-order valence-corrected chi connectivity index (χ1v) is 11.4. The lowest BCUT2D eigenvalue weighted by Gasteiger charge is -2.13. The summed E-state index contributed by atoms with van der Waals surface area (Å²) >= 11 is 5.64. The van der Waals surface area contributed by atoms with Gasteiger partial charge in [-0.05, 0) is 70.5 Å². The molecule has 160 valence electrons. The molecule has 0 aliphatic rings. The molecule has 0 atom stereocenters. The zero-order valence-corrected chi connectivity index (χ0v) is 20.9. The van der Waals surface area contributed by atoms with Gasteiger partial charge in [-0.3, -0.25) is 4.79 Å². The summed E-state index contributed by atoms with van der Waals surface area (Å²) in [6, 6.07) is 19.6. The second kappa shape index (κ2) is 11.3. The van der Waals surface area contributed by atoms with E-state index in [1.54, 1.807) is 13.3 Å². The summed E-state index contributed by atoms with van der Waals surface area (Å²) in [7, 11) is 1.60. The summed E-state index contributed by atoms with van der Waals surface area (Å²) in [6.07, 6.45) is 1.87. The number of hydrogen-bond acceptors (Lipinski definition) is 4. The third-order valence-electron chi connectivity index (χ3n) is 4.44. The Morgan fingerprint density at radius 1 is 1.10 bits per heavy atom. The summed E-state index contributed by atoms with van der Waals surface area (Å²) in [5, 5.41) is 4.07. The smallest absolute Gasteiger partial charge is 0.244 e. The van der Waals surface area contributed by atoms with Gasteiger partial charge in [0, 0.05) is 4.47 Å². The van der Waals surface area contributed by atoms with E-state index in [0.717, 1.165) is 30.3 Å². The van der Waals surface area contributed by atoms with E-state index in [1.807, 2.05) is 67.6 Å². The van der Waals surface area contributed by atoms with Crippen molar-refractivity contribution in [3.8, 4) is 11.5 Å². The van der Waals surface area contributed by atoms with Gasteiger partial charge in [0.2, 0.25) is 5.91 Å². The van der Waals surface area contributed by atoms with Crippen molar-refractivity contribution in [1.29, 1.82) is 0 Å². The molecule has 0 radical (unpaired) electrons. The van der Waals surface area contributed by atoms with Gasteiger partial charge in [-0.2, -0.15) is 5.10 Å². The predicted molar refractivity (Wildman–Crippen MR) is 135 cm³/mol. The van der Waals surface area contributed by atoms with Gasteiger partial charge < -0.3 is 9.47 Å². The molecule has 0 saturated heterocycles. The molecule has 0 heterocycles. The van der Waals surface area contributed by atoms with Crippen LogP contribution in [0.3, 0.4) is 0 Å². The van der Waals surface area contributed by atoms with Crippen molar-refractivity contribution in [2.75, 3.05) is 7.11 Å². The number of nitrogens with one attached hydrogen (secondary N) is 1. The highest BCUT2D eigenvalue weighted by Crippen LogP contribution is 2.34. The van der Waals surface area contributed by atoms with Crippen molar-refractivity contribution >= 4 is 50.6 Å². The fourth-order valence-electron chi connectivity index (χ4n) is 2.80. The molecule has 0 fully saturated rings. The van der Waals surface area contributed by atoms with E-state index in [0.29, 0.717) is 18.1 Å². The van der Waals surface area contributed by atoms with E-state index in [4.69, 9.17) is 9.47 Å². The van der Waals surface area contributed by atoms with Crippen molar-refractivity contribution in [1.82, 2.24) is 5.43 Å².